The van der Waals surface area contributed by atoms with E-state index < -0.39 is 0 Å². The van der Waals surface area contributed by atoms with Gasteiger partial charge in [0, 0.05) is 0 Å². The van der Waals surface area contributed by atoms with Crippen LogP contribution in [0.15, 0.2) is 42.5 Å². The third-order valence-corrected chi connectivity index (χ3v) is 3.62. The molecule has 4 heteroatoms. The predicted octanol–water partition coefficient (Wildman–Crippen LogP) is 3.58. The summed E-state index contributed by atoms with van der Waals surface area (Å²) in [7, 11) is 0. The molecule has 4 nitrogen and oxygen atoms in total. The molecule has 1 N–H and O–H groups in total. The van der Waals surface area contributed by atoms with Crippen LogP contribution in [-0.2, 0) is 4.79 Å². The van der Waals surface area contributed by atoms with E-state index in [1.807, 2.05) is 44.2 Å². The number of aryl methyl sites for hydroxylation is 3. The molecule has 0 unspecified atom stereocenters. The number of hydrogen-bond donors (Lipinski definition) is 1. The van der Waals surface area contributed by atoms with Crippen molar-refractivity contribution in [3.8, 4) is 11.5 Å². The molecule has 2 aromatic carbocycles. The Bertz CT molecular complexity index is 645. The van der Waals surface area contributed by atoms with E-state index in [1.165, 1.54) is 5.56 Å². The normalized spacial score (nSPS) is 10.3. The summed E-state index contributed by atoms with van der Waals surface area (Å²) in [4.78, 5) is 11.8. The maximum Gasteiger partial charge on any atom is 0.223 e. The molecule has 0 radical (unpaired) electrons. The molecule has 0 aliphatic carbocycles. The summed E-state index contributed by atoms with van der Waals surface area (Å²) >= 11 is 0. The van der Waals surface area contributed by atoms with Crippen molar-refractivity contribution in [2.45, 2.75) is 27.2 Å². The maximum absolute atomic E-state index is 11.8. The van der Waals surface area contributed by atoms with Gasteiger partial charge in [-0.05, 0) is 44.0 Å². The lowest BCUT2D eigenvalue weighted by Crippen LogP contribution is -2.29. The lowest BCUT2D eigenvalue weighted by Gasteiger charge is -2.13. The Morgan fingerprint density at radius 2 is 1.62 bits per heavy atom. The van der Waals surface area contributed by atoms with Crippen LogP contribution in [0.2, 0.25) is 0 Å². The van der Waals surface area contributed by atoms with Gasteiger partial charge in [-0.2, -0.15) is 0 Å². The molecule has 0 aliphatic rings. The van der Waals surface area contributed by atoms with E-state index in [9.17, 15) is 4.79 Å². The molecule has 0 fully saturated rings. The standard InChI is InChI=1S/C20H25NO3/c1-15-13-16(2)20(17(3)14-15)24-12-10-21-19(22)9-11-23-18-7-5-4-6-8-18/h4-8,13-14H,9-12H2,1-3H3,(H,21,22). The van der Waals surface area contributed by atoms with Crippen LogP contribution in [0.3, 0.4) is 0 Å². The fourth-order valence-corrected chi connectivity index (χ4v) is 2.60. The van der Waals surface area contributed by atoms with Crippen LogP contribution in [-0.4, -0.2) is 25.7 Å². The maximum atomic E-state index is 11.8. The number of carbonyl (C=O) groups is 1. The molecule has 0 aromatic heterocycles. The number of benzene rings is 2. The molecule has 2 rings (SSSR count). The number of nitrogens with one attached hydrogen (secondary N) is 1. The van der Waals surface area contributed by atoms with Crippen molar-refractivity contribution >= 4 is 5.91 Å². The van der Waals surface area contributed by atoms with Gasteiger partial charge in [-0.3, -0.25) is 4.79 Å². The van der Waals surface area contributed by atoms with E-state index in [1.54, 1.807) is 0 Å². The van der Waals surface area contributed by atoms with Crippen molar-refractivity contribution in [3.05, 3.63) is 59.2 Å². The molecule has 0 bridgehead atoms. The Balaban J connectivity index is 1.64. The van der Waals surface area contributed by atoms with Crippen molar-refractivity contribution in [1.82, 2.24) is 5.32 Å². The van der Waals surface area contributed by atoms with Gasteiger partial charge in [0.2, 0.25) is 5.91 Å². The summed E-state index contributed by atoms with van der Waals surface area (Å²) in [5.74, 6) is 1.65. The summed E-state index contributed by atoms with van der Waals surface area (Å²) in [5, 5.41) is 2.85. The number of carbonyl (C=O) groups excluding carboxylic acids is 1. The minimum atomic E-state index is -0.0353. The van der Waals surface area contributed by atoms with Gasteiger partial charge in [-0.25, -0.2) is 0 Å². The predicted molar refractivity (Wildman–Crippen MR) is 95.7 cm³/mol. The first-order chi connectivity index (χ1) is 11.6. The average Bonchev–Trinajstić information content (AvgIpc) is 2.54. The van der Waals surface area contributed by atoms with Gasteiger partial charge in [0.25, 0.3) is 0 Å². The molecular formula is C20H25NO3. The fraction of sp³-hybridized carbons (Fsp3) is 0.350. The summed E-state index contributed by atoms with van der Waals surface area (Å²) in [6.45, 7) is 7.45. The van der Waals surface area contributed by atoms with Gasteiger partial charge in [0.1, 0.15) is 18.1 Å². The van der Waals surface area contributed by atoms with Crippen molar-refractivity contribution < 1.29 is 14.3 Å². The molecule has 0 saturated carbocycles. The average molecular weight is 327 g/mol. The van der Waals surface area contributed by atoms with Gasteiger partial charge < -0.3 is 14.8 Å². The summed E-state index contributed by atoms with van der Waals surface area (Å²) in [6.07, 6.45) is 0.331. The Hall–Kier alpha value is -2.49. The van der Waals surface area contributed by atoms with E-state index in [2.05, 4.69) is 24.4 Å². The number of ether oxygens (including phenoxy) is 2. The Labute approximate surface area is 143 Å². The topological polar surface area (TPSA) is 47.6 Å². The number of para-hydroxylation sites is 1. The second kappa shape index (κ2) is 8.96. The monoisotopic (exact) mass is 327 g/mol. The van der Waals surface area contributed by atoms with Gasteiger partial charge in [0.15, 0.2) is 0 Å². The minimum absolute atomic E-state index is 0.0353. The van der Waals surface area contributed by atoms with Crippen LogP contribution in [0.4, 0.5) is 0 Å². The zero-order valence-corrected chi connectivity index (χ0v) is 14.6. The zero-order chi connectivity index (χ0) is 17.4. The molecule has 2 aromatic rings. The number of hydrogen-bond acceptors (Lipinski definition) is 3. The fourth-order valence-electron chi connectivity index (χ4n) is 2.60. The van der Waals surface area contributed by atoms with Gasteiger partial charge in [-0.1, -0.05) is 35.9 Å². The first-order valence-electron chi connectivity index (χ1n) is 8.21. The summed E-state index contributed by atoms with van der Waals surface area (Å²) < 4.78 is 11.3. The highest BCUT2D eigenvalue weighted by atomic mass is 16.5. The SMILES string of the molecule is Cc1cc(C)c(OCCNC(=O)CCOc2ccccc2)c(C)c1. The quantitative estimate of drug-likeness (QED) is 0.754. The van der Waals surface area contributed by atoms with Crippen LogP contribution < -0.4 is 14.8 Å². The highest BCUT2D eigenvalue weighted by molar-refractivity contribution is 5.75. The van der Waals surface area contributed by atoms with Crippen LogP contribution in [0.5, 0.6) is 11.5 Å². The van der Waals surface area contributed by atoms with Crippen molar-refractivity contribution in [1.29, 1.82) is 0 Å². The largest absolute Gasteiger partial charge is 0.493 e. The minimum Gasteiger partial charge on any atom is -0.493 e. The molecular weight excluding hydrogens is 302 g/mol. The molecule has 0 spiro atoms. The first kappa shape index (κ1) is 17.9. The second-order valence-corrected chi connectivity index (χ2v) is 5.84. The lowest BCUT2D eigenvalue weighted by atomic mass is 10.1. The number of amides is 1. The first-order valence-corrected chi connectivity index (χ1v) is 8.21. The second-order valence-electron chi connectivity index (χ2n) is 5.84. The molecule has 128 valence electrons. The van der Waals surface area contributed by atoms with Crippen molar-refractivity contribution in [2.24, 2.45) is 0 Å². The molecule has 0 heterocycles. The van der Waals surface area contributed by atoms with Crippen LogP contribution in [0.25, 0.3) is 0 Å². The van der Waals surface area contributed by atoms with Gasteiger partial charge in [0.05, 0.1) is 19.6 Å². The Morgan fingerprint density at radius 1 is 0.958 bits per heavy atom. The third kappa shape index (κ3) is 5.61. The van der Waals surface area contributed by atoms with Crippen LogP contribution in [0, 0.1) is 20.8 Å². The smallest absolute Gasteiger partial charge is 0.223 e. The van der Waals surface area contributed by atoms with E-state index in [0.717, 1.165) is 22.6 Å². The Kier molecular flexibility index (Phi) is 6.67. The zero-order valence-electron chi connectivity index (χ0n) is 14.6. The van der Waals surface area contributed by atoms with Crippen molar-refractivity contribution in [3.63, 3.8) is 0 Å². The van der Waals surface area contributed by atoms with E-state index >= 15 is 0 Å². The third-order valence-electron chi connectivity index (χ3n) is 3.62. The summed E-state index contributed by atoms with van der Waals surface area (Å²) in [5.41, 5.74) is 3.47. The molecule has 1 amide bonds. The highest BCUT2D eigenvalue weighted by Crippen LogP contribution is 2.24. The van der Waals surface area contributed by atoms with E-state index in [4.69, 9.17) is 9.47 Å². The Morgan fingerprint density at radius 3 is 2.29 bits per heavy atom. The van der Waals surface area contributed by atoms with Crippen LogP contribution >= 0.6 is 0 Å². The highest BCUT2D eigenvalue weighted by Gasteiger charge is 2.06. The molecule has 0 aliphatic heterocycles. The molecule has 24 heavy (non-hydrogen) atoms. The van der Waals surface area contributed by atoms with Crippen LogP contribution in [0.1, 0.15) is 23.1 Å². The summed E-state index contributed by atoms with van der Waals surface area (Å²) in [6, 6.07) is 13.7. The van der Waals surface area contributed by atoms with Gasteiger partial charge >= 0.3 is 0 Å². The van der Waals surface area contributed by atoms with Gasteiger partial charge in [-0.15, -0.1) is 0 Å². The molecule has 0 saturated heterocycles. The van der Waals surface area contributed by atoms with E-state index in [-0.39, 0.29) is 5.91 Å². The van der Waals surface area contributed by atoms with Crippen molar-refractivity contribution in [2.75, 3.05) is 19.8 Å². The van der Waals surface area contributed by atoms with E-state index in [0.29, 0.717) is 26.2 Å². The lowest BCUT2D eigenvalue weighted by molar-refractivity contribution is -0.121. The number of rotatable bonds is 8. The molecule has 0 atom stereocenters.